The van der Waals surface area contributed by atoms with Crippen molar-refractivity contribution in [1.29, 1.82) is 0 Å². The summed E-state index contributed by atoms with van der Waals surface area (Å²) in [6.07, 6.45) is 1.54. The van der Waals surface area contributed by atoms with Gasteiger partial charge in [-0.1, -0.05) is 12.1 Å². The van der Waals surface area contributed by atoms with E-state index in [9.17, 15) is 0 Å². The lowest BCUT2D eigenvalue weighted by atomic mass is 10.1. The number of aromatic nitrogens is 2. The molecule has 0 aliphatic rings. The molecule has 0 saturated heterocycles. The lowest BCUT2D eigenvalue weighted by molar-refractivity contribution is 0.411. The van der Waals surface area contributed by atoms with E-state index in [1.807, 2.05) is 32.2 Å². The number of hydrogen-bond donors (Lipinski definition) is 2. The largest absolute Gasteiger partial charge is 0.496 e. The Morgan fingerprint density at radius 2 is 1.95 bits per heavy atom. The second kappa shape index (κ2) is 6.04. The van der Waals surface area contributed by atoms with Gasteiger partial charge in [-0.15, -0.1) is 0 Å². The number of nitrogens with one attached hydrogen (secondary N) is 2. The standard InChI is InChI=1S/C14H18N4O/c1-10-6-11(4-5-12(10)19-3)8-16-14-7-13(15-2)17-9-18-14/h4-7,9H,8H2,1-3H3,(H2,15,16,17,18). The van der Waals surface area contributed by atoms with Crippen molar-refractivity contribution in [2.45, 2.75) is 13.5 Å². The van der Waals surface area contributed by atoms with Gasteiger partial charge in [-0.3, -0.25) is 0 Å². The van der Waals surface area contributed by atoms with Crippen LogP contribution in [0, 0.1) is 6.92 Å². The topological polar surface area (TPSA) is 59.1 Å². The van der Waals surface area contributed by atoms with Gasteiger partial charge in [0.1, 0.15) is 23.7 Å². The third kappa shape index (κ3) is 3.34. The molecule has 0 aliphatic heterocycles. The fourth-order valence-corrected chi connectivity index (χ4v) is 1.83. The molecular formula is C14H18N4O. The summed E-state index contributed by atoms with van der Waals surface area (Å²) in [7, 11) is 3.51. The average Bonchev–Trinajstić information content (AvgIpc) is 2.45. The van der Waals surface area contributed by atoms with Crippen LogP contribution in [0.2, 0.25) is 0 Å². The molecule has 0 bridgehead atoms. The van der Waals surface area contributed by atoms with Crippen LogP contribution in [0.1, 0.15) is 11.1 Å². The number of aryl methyl sites for hydroxylation is 1. The molecular weight excluding hydrogens is 240 g/mol. The Kier molecular flexibility index (Phi) is 4.18. The van der Waals surface area contributed by atoms with Crippen LogP contribution in [-0.4, -0.2) is 24.1 Å². The van der Waals surface area contributed by atoms with Gasteiger partial charge < -0.3 is 15.4 Å². The maximum absolute atomic E-state index is 5.24. The zero-order valence-electron chi connectivity index (χ0n) is 11.4. The molecule has 0 fully saturated rings. The van der Waals surface area contributed by atoms with Gasteiger partial charge in [-0.25, -0.2) is 9.97 Å². The van der Waals surface area contributed by atoms with Crippen molar-refractivity contribution in [3.8, 4) is 5.75 Å². The first-order valence-corrected chi connectivity index (χ1v) is 6.10. The Labute approximate surface area is 113 Å². The number of anilines is 2. The average molecular weight is 258 g/mol. The highest BCUT2D eigenvalue weighted by Gasteiger charge is 2.01. The normalized spacial score (nSPS) is 10.1. The van der Waals surface area contributed by atoms with Gasteiger partial charge in [0.05, 0.1) is 7.11 Å². The smallest absolute Gasteiger partial charge is 0.131 e. The van der Waals surface area contributed by atoms with Crippen molar-refractivity contribution in [3.63, 3.8) is 0 Å². The molecule has 2 rings (SSSR count). The van der Waals surface area contributed by atoms with Gasteiger partial charge in [-0.05, 0) is 24.1 Å². The Morgan fingerprint density at radius 3 is 2.63 bits per heavy atom. The van der Waals surface area contributed by atoms with E-state index in [0.29, 0.717) is 6.54 Å². The van der Waals surface area contributed by atoms with Crippen molar-refractivity contribution in [2.75, 3.05) is 24.8 Å². The predicted molar refractivity (Wildman–Crippen MR) is 76.6 cm³/mol. The van der Waals surface area contributed by atoms with E-state index in [1.54, 1.807) is 7.11 Å². The monoisotopic (exact) mass is 258 g/mol. The summed E-state index contributed by atoms with van der Waals surface area (Å²) in [6, 6.07) is 7.99. The first kappa shape index (κ1) is 13.1. The molecule has 0 aliphatic carbocycles. The van der Waals surface area contributed by atoms with E-state index in [-0.39, 0.29) is 0 Å². The predicted octanol–water partition coefficient (Wildman–Crippen LogP) is 2.45. The lowest BCUT2D eigenvalue weighted by Gasteiger charge is -2.09. The molecule has 0 spiro atoms. The van der Waals surface area contributed by atoms with Crippen molar-refractivity contribution in [3.05, 3.63) is 41.7 Å². The van der Waals surface area contributed by atoms with Gasteiger partial charge in [0.15, 0.2) is 0 Å². The Bertz CT molecular complexity index is 557. The van der Waals surface area contributed by atoms with Crippen molar-refractivity contribution in [2.24, 2.45) is 0 Å². The maximum Gasteiger partial charge on any atom is 0.131 e. The molecule has 100 valence electrons. The van der Waals surface area contributed by atoms with Crippen molar-refractivity contribution < 1.29 is 4.74 Å². The maximum atomic E-state index is 5.24. The Morgan fingerprint density at radius 1 is 1.16 bits per heavy atom. The number of hydrogen-bond acceptors (Lipinski definition) is 5. The minimum absolute atomic E-state index is 0.713. The van der Waals surface area contributed by atoms with E-state index in [2.05, 4.69) is 26.7 Å². The minimum atomic E-state index is 0.713. The fourth-order valence-electron chi connectivity index (χ4n) is 1.83. The number of methoxy groups -OCH3 is 1. The molecule has 19 heavy (non-hydrogen) atoms. The molecule has 1 heterocycles. The fraction of sp³-hybridized carbons (Fsp3) is 0.286. The summed E-state index contributed by atoms with van der Waals surface area (Å²) in [4.78, 5) is 8.24. The second-order valence-electron chi connectivity index (χ2n) is 4.20. The van der Waals surface area contributed by atoms with Gasteiger partial charge >= 0.3 is 0 Å². The minimum Gasteiger partial charge on any atom is -0.496 e. The number of nitrogens with zero attached hydrogens (tertiary/aromatic N) is 2. The summed E-state index contributed by atoms with van der Waals surface area (Å²) in [5.74, 6) is 2.50. The zero-order valence-corrected chi connectivity index (χ0v) is 11.4. The summed E-state index contributed by atoms with van der Waals surface area (Å²) in [5, 5.41) is 6.25. The second-order valence-corrected chi connectivity index (χ2v) is 4.20. The van der Waals surface area contributed by atoms with Crippen LogP contribution in [0.25, 0.3) is 0 Å². The van der Waals surface area contributed by atoms with Crippen LogP contribution in [0.4, 0.5) is 11.6 Å². The molecule has 5 nitrogen and oxygen atoms in total. The molecule has 0 radical (unpaired) electrons. The Hall–Kier alpha value is -2.30. The van der Waals surface area contributed by atoms with Crippen molar-refractivity contribution >= 4 is 11.6 Å². The van der Waals surface area contributed by atoms with E-state index < -0.39 is 0 Å². The first-order valence-electron chi connectivity index (χ1n) is 6.10. The van der Waals surface area contributed by atoms with E-state index in [1.165, 1.54) is 11.9 Å². The van der Waals surface area contributed by atoms with E-state index in [0.717, 1.165) is 22.9 Å². The summed E-state index contributed by atoms with van der Waals surface area (Å²) in [5.41, 5.74) is 2.31. The molecule has 0 atom stereocenters. The van der Waals surface area contributed by atoms with Crippen LogP contribution in [0.5, 0.6) is 5.75 Å². The van der Waals surface area contributed by atoms with Crippen LogP contribution >= 0.6 is 0 Å². The van der Waals surface area contributed by atoms with E-state index >= 15 is 0 Å². The highest BCUT2D eigenvalue weighted by atomic mass is 16.5. The molecule has 2 aromatic rings. The molecule has 5 heteroatoms. The quantitative estimate of drug-likeness (QED) is 0.862. The summed E-state index contributed by atoms with van der Waals surface area (Å²) in [6.45, 7) is 2.75. The Balaban J connectivity index is 2.03. The molecule has 0 saturated carbocycles. The zero-order chi connectivity index (χ0) is 13.7. The van der Waals surface area contributed by atoms with Crippen LogP contribution in [-0.2, 0) is 6.54 Å². The van der Waals surface area contributed by atoms with Crippen LogP contribution in [0.3, 0.4) is 0 Å². The van der Waals surface area contributed by atoms with Gasteiger partial charge in [0.25, 0.3) is 0 Å². The third-order valence-corrected chi connectivity index (χ3v) is 2.86. The number of rotatable bonds is 5. The number of ether oxygens (including phenoxy) is 1. The molecule has 1 aromatic carbocycles. The highest BCUT2D eigenvalue weighted by molar-refractivity contribution is 5.46. The summed E-state index contributed by atoms with van der Waals surface area (Å²) < 4.78 is 5.24. The van der Waals surface area contributed by atoms with Crippen molar-refractivity contribution in [1.82, 2.24) is 9.97 Å². The van der Waals surface area contributed by atoms with Crippen LogP contribution < -0.4 is 15.4 Å². The van der Waals surface area contributed by atoms with Gasteiger partial charge in [0, 0.05) is 19.7 Å². The van der Waals surface area contributed by atoms with Gasteiger partial charge in [-0.2, -0.15) is 0 Å². The summed E-state index contributed by atoms with van der Waals surface area (Å²) >= 11 is 0. The molecule has 2 N–H and O–H groups in total. The molecule has 0 amide bonds. The van der Waals surface area contributed by atoms with E-state index in [4.69, 9.17) is 4.74 Å². The first-order chi connectivity index (χ1) is 9.22. The van der Waals surface area contributed by atoms with Gasteiger partial charge in [0.2, 0.25) is 0 Å². The lowest BCUT2D eigenvalue weighted by Crippen LogP contribution is -2.03. The third-order valence-electron chi connectivity index (χ3n) is 2.86. The highest BCUT2D eigenvalue weighted by Crippen LogP contribution is 2.19. The number of benzene rings is 1. The molecule has 1 aromatic heterocycles. The SMILES string of the molecule is CNc1cc(NCc2ccc(OC)c(C)c2)ncn1. The van der Waals surface area contributed by atoms with Crippen LogP contribution in [0.15, 0.2) is 30.6 Å². The molecule has 0 unspecified atom stereocenters.